The second-order valence-electron chi connectivity index (χ2n) is 1.89. The van der Waals surface area contributed by atoms with E-state index in [4.69, 9.17) is 15.5 Å². The average molecular weight is 154 g/mol. The summed E-state index contributed by atoms with van der Waals surface area (Å²) < 4.78 is 0. The molecule has 6 heteroatoms. The van der Waals surface area contributed by atoms with Gasteiger partial charge in [-0.25, -0.2) is 4.98 Å². The van der Waals surface area contributed by atoms with Gasteiger partial charge in [0.1, 0.15) is 6.33 Å². The average Bonchev–Trinajstić information content (AvgIpc) is 2.53. The number of aromatic nitrogens is 3. The van der Waals surface area contributed by atoms with Crippen molar-refractivity contribution in [2.45, 2.75) is 12.2 Å². The van der Waals surface area contributed by atoms with Gasteiger partial charge in [0.15, 0.2) is 18.0 Å². The summed E-state index contributed by atoms with van der Waals surface area (Å²) in [7, 11) is 0. The first kappa shape index (κ1) is 7.65. The van der Waals surface area contributed by atoms with Gasteiger partial charge in [-0.05, 0) is 0 Å². The molecule has 1 aromatic heterocycles. The molecule has 0 aliphatic heterocycles. The molecule has 0 aliphatic rings. The van der Waals surface area contributed by atoms with Crippen LogP contribution in [-0.2, 0) is 0 Å². The van der Waals surface area contributed by atoms with Crippen molar-refractivity contribution in [1.82, 2.24) is 15.2 Å². The first-order valence-corrected chi connectivity index (χ1v) is 2.86. The standard InChI is InChI=1S/C5H6N4O2/c6-1-3(10)4(11)5-7-2-8-9-5/h2-4,10-11H,(H,7,8,9). The van der Waals surface area contributed by atoms with Gasteiger partial charge >= 0.3 is 0 Å². The number of nitrogens with one attached hydrogen (secondary N) is 1. The number of H-pyrrole nitrogens is 1. The first-order chi connectivity index (χ1) is 5.25. The second kappa shape index (κ2) is 3.09. The maximum absolute atomic E-state index is 9.07. The van der Waals surface area contributed by atoms with E-state index in [1.54, 1.807) is 0 Å². The smallest absolute Gasteiger partial charge is 0.173 e. The van der Waals surface area contributed by atoms with Crippen LogP contribution in [0.4, 0.5) is 0 Å². The Morgan fingerprint density at radius 1 is 1.64 bits per heavy atom. The third-order valence-electron chi connectivity index (χ3n) is 1.15. The van der Waals surface area contributed by atoms with Crippen molar-refractivity contribution in [2.24, 2.45) is 0 Å². The van der Waals surface area contributed by atoms with E-state index in [2.05, 4.69) is 15.2 Å². The maximum Gasteiger partial charge on any atom is 0.173 e. The summed E-state index contributed by atoms with van der Waals surface area (Å²) >= 11 is 0. The summed E-state index contributed by atoms with van der Waals surface area (Å²) in [5.74, 6) is 0.0825. The van der Waals surface area contributed by atoms with Crippen LogP contribution in [0.2, 0.25) is 0 Å². The van der Waals surface area contributed by atoms with Gasteiger partial charge in [0.25, 0.3) is 0 Å². The van der Waals surface area contributed by atoms with E-state index in [9.17, 15) is 0 Å². The molecule has 58 valence electrons. The fourth-order valence-electron chi connectivity index (χ4n) is 0.578. The molecular weight excluding hydrogens is 148 g/mol. The Morgan fingerprint density at radius 2 is 2.36 bits per heavy atom. The molecule has 0 aliphatic carbocycles. The number of hydrogen-bond acceptors (Lipinski definition) is 5. The molecule has 0 radical (unpaired) electrons. The number of nitrogens with zero attached hydrogens (tertiary/aromatic N) is 3. The predicted molar refractivity (Wildman–Crippen MR) is 33.0 cm³/mol. The number of nitriles is 1. The number of aromatic amines is 1. The van der Waals surface area contributed by atoms with Gasteiger partial charge < -0.3 is 10.2 Å². The molecule has 0 bridgehead atoms. The Bertz CT molecular complexity index is 252. The van der Waals surface area contributed by atoms with Crippen molar-refractivity contribution in [1.29, 1.82) is 5.26 Å². The van der Waals surface area contributed by atoms with Crippen LogP contribution in [0.1, 0.15) is 11.9 Å². The van der Waals surface area contributed by atoms with Gasteiger partial charge in [-0.2, -0.15) is 10.4 Å². The lowest BCUT2D eigenvalue weighted by Crippen LogP contribution is -2.16. The van der Waals surface area contributed by atoms with Gasteiger partial charge in [0, 0.05) is 0 Å². The van der Waals surface area contributed by atoms with Gasteiger partial charge in [-0.3, -0.25) is 5.10 Å². The zero-order chi connectivity index (χ0) is 8.27. The van der Waals surface area contributed by atoms with Crippen LogP contribution in [0, 0.1) is 11.3 Å². The van der Waals surface area contributed by atoms with E-state index < -0.39 is 12.2 Å². The van der Waals surface area contributed by atoms with Gasteiger partial charge in [-0.15, -0.1) is 0 Å². The van der Waals surface area contributed by atoms with E-state index in [1.165, 1.54) is 12.4 Å². The van der Waals surface area contributed by atoms with Crippen LogP contribution in [0.3, 0.4) is 0 Å². The van der Waals surface area contributed by atoms with Crippen LogP contribution in [0.25, 0.3) is 0 Å². The van der Waals surface area contributed by atoms with Crippen molar-refractivity contribution < 1.29 is 10.2 Å². The van der Waals surface area contributed by atoms with Crippen molar-refractivity contribution in [2.75, 3.05) is 0 Å². The number of rotatable bonds is 2. The molecule has 0 spiro atoms. The highest BCUT2D eigenvalue weighted by atomic mass is 16.3. The summed E-state index contributed by atoms with van der Waals surface area (Å²) in [6.45, 7) is 0. The summed E-state index contributed by atoms with van der Waals surface area (Å²) in [6.07, 6.45) is -1.60. The SMILES string of the molecule is N#CC(O)C(O)c1ncn[nH]1. The number of hydrogen-bond donors (Lipinski definition) is 3. The highest BCUT2D eigenvalue weighted by molar-refractivity contribution is 4.98. The summed E-state index contributed by atoms with van der Waals surface area (Å²) in [5.41, 5.74) is 0. The van der Waals surface area contributed by atoms with E-state index in [0.29, 0.717) is 0 Å². The van der Waals surface area contributed by atoms with Crippen LogP contribution in [-0.4, -0.2) is 31.5 Å². The molecule has 6 nitrogen and oxygen atoms in total. The lowest BCUT2D eigenvalue weighted by atomic mass is 10.2. The van der Waals surface area contributed by atoms with Crippen molar-refractivity contribution in [3.8, 4) is 6.07 Å². The van der Waals surface area contributed by atoms with Crippen LogP contribution >= 0.6 is 0 Å². The highest BCUT2D eigenvalue weighted by Gasteiger charge is 2.19. The van der Waals surface area contributed by atoms with Gasteiger partial charge in [0.05, 0.1) is 6.07 Å². The Kier molecular flexibility index (Phi) is 2.15. The minimum absolute atomic E-state index is 0.0825. The summed E-state index contributed by atoms with van der Waals surface area (Å²) in [5, 5.41) is 31.8. The molecule has 0 fully saturated rings. The first-order valence-electron chi connectivity index (χ1n) is 2.86. The van der Waals surface area contributed by atoms with Crippen molar-refractivity contribution in [3.63, 3.8) is 0 Å². The monoisotopic (exact) mass is 154 g/mol. The Morgan fingerprint density at radius 3 is 2.82 bits per heavy atom. The molecular formula is C5H6N4O2. The van der Waals surface area contributed by atoms with Crippen LogP contribution < -0.4 is 0 Å². The van der Waals surface area contributed by atoms with Crippen LogP contribution in [0.15, 0.2) is 6.33 Å². The van der Waals surface area contributed by atoms with Crippen molar-refractivity contribution >= 4 is 0 Å². The third kappa shape index (κ3) is 1.52. The number of aliphatic hydroxyl groups is 2. The number of aliphatic hydroxyl groups excluding tert-OH is 2. The predicted octanol–water partition coefficient (Wildman–Crippen LogP) is -1.28. The summed E-state index contributed by atoms with van der Waals surface area (Å²) in [4.78, 5) is 3.56. The molecule has 0 amide bonds. The third-order valence-corrected chi connectivity index (χ3v) is 1.15. The van der Waals surface area contributed by atoms with E-state index in [0.717, 1.165) is 0 Å². The molecule has 0 saturated carbocycles. The fourth-order valence-corrected chi connectivity index (χ4v) is 0.578. The lowest BCUT2D eigenvalue weighted by molar-refractivity contribution is 0.0469. The second-order valence-corrected chi connectivity index (χ2v) is 1.89. The highest BCUT2D eigenvalue weighted by Crippen LogP contribution is 2.09. The minimum Gasteiger partial charge on any atom is -0.381 e. The molecule has 0 aromatic carbocycles. The van der Waals surface area contributed by atoms with Gasteiger partial charge in [-0.1, -0.05) is 0 Å². The molecule has 2 unspecified atom stereocenters. The van der Waals surface area contributed by atoms with Crippen molar-refractivity contribution in [3.05, 3.63) is 12.2 Å². The minimum atomic E-state index is -1.47. The molecule has 0 saturated heterocycles. The lowest BCUT2D eigenvalue weighted by Gasteiger charge is -2.06. The quantitative estimate of drug-likeness (QED) is 0.460. The topological polar surface area (TPSA) is 106 Å². The molecule has 1 rings (SSSR count). The summed E-state index contributed by atoms with van der Waals surface area (Å²) in [6, 6.07) is 1.47. The zero-order valence-electron chi connectivity index (χ0n) is 5.47. The fraction of sp³-hybridized carbons (Fsp3) is 0.400. The molecule has 2 atom stereocenters. The molecule has 11 heavy (non-hydrogen) atoms. The Balaban J connectivity index is 2.71. The maximum atomic E-state index is 9.07. The Labute approximate surface area is 62.1 Å². The normalized spacial score (nSPS) is 15.4. The van der Waals surface area contributed by atoms with Gasteiger partial charge in [0.2, 0.25) is 0 Å². The van der Waals surface area contributed by atoms with Crippen LogP contribution in [0.5, 0.6) is 0 Å². The molecule has 3 N–H and O–H groups in total. The van der Waals surface area contributed by atoms with E-state index in [1.807, 2.05) is 0 Å². The largest absolute Gasteiger partial charge is 0.381 e. The zero-order valence-corrected chi connectivity index (χ0v) is 5.47. The van der Waals surface area contributed by atoms with E-state index in [-0.39, 0.29) is 5.82 Å². The Hall–Kier alpha value is -1.45. The van der Waals surface area contributed by atoms with E-state index >= 15 is 0 Å². The molecule has 1 aromatic rings. The molecule has 1 heterocycles.